The van der Waals surface area contributed by atoms with Gasteiger partial charge in [0.15, 0.2) is 5.75 Å². The van der Waals surface area contributed by atoms with Crippen LogP contribution in [0.25, 0.3) is 11.1 Å². The minimum Gasteiger partial charge on any atom is -0.489 e. The average molecular weight is 506 g/mol. The molecule has 11 nitrogen and oxygen atoms in total. The van der Waals surface area contributed by atoms with Crippen LogP contribution in [-0.4, -0.2) is 54.8 Å². The molecule has 1 aromatic heterocycles. The number of fused-ring (bicyclic) bond motifs is 1. The third-order valence-electron chi connectivity index (χ3n) is 6.18. The number of hydrogen-bond acceptors (Lipinski definition) is 8. The van der Waals surface area contributed by atoms with Gasteiger partial charge in [0.2, 0.25) is 15.9 Å². The molecule has 12 heteroatoms. The van der Waals surface area contributed by atoms with Gasteiger partial charge in [0.1, 0.15) is 12.3 Å². The van der Waals surface area contributed by atoms with Gasteiger partial charge < -0.3 is 9.64 Å². The molecule has 36 heavy (non-hydrogen) atoms. The lowest BCUT2D eigenvalue weighted by molar-refractivity contribution is -0.385. The number of nitrogens with zero attached hydrogens (tertiary/aromatic N) is 5. The van der Waals surface area contributed by atoms with E-state index >= 15 is 0 Å². The molecule has 5 rings (SSSR count). The average Bonchev–Trinajstić information content (AvgIpc) is 2.87. The van der Waals surface area contributed by atoms with E-state index in [2.05, 4.69) is 11.1 Å². The van der Waals surface area contributed by atoms with Gasteiger partial charge in [-0.15, -0.1) is 0 Å². The molecule has 0 N–H and O–H groups in total. The molecule has 2 aliphatic rings. The molecule has 2 aliphatic heterocycles. The van der Waals surface area contributed by atoms with Crippen LogP contribution in [0.15, 0.2) is 65.8 Å². The number of carbonyl (C=O) groups is 1. The van der Waals surface area contributed by atoms with Crippen molar-refractivity contribution >= 4 is 27.3 Å². The number of sulfonamides is 1. The number of benzene rings is 2. The summed E-state index contributed by atoms with van der Waals surface area (Å²) in [6.07, 6.45) is 3.17. The van der Waals surface area contributed by atoms with Crippen molar-refractivity contribution in [3.05, 3.63) is 76.6 Å². The summed E-state index contributed by atoms with van der Waals surface area (Å²) in [5.41, 5.74) is 2.15. The van der Waals surface area contributed by atoms with E-state index in [1.807, 2.05) is 0 Å². The third-order valence-corrected chi connectivity index (χ3v) is 8.01. The van der Waals surface area contributed by atoms with Crippen molar-refractivity contribution in [2.75, 3.05) is 31.1 Å². The Morgan fingerprint density at radius 2 is 1.92 bits per heavy atom. The van der Waals surface area contributed by atoms with Gasteiger partial charge in [0.25, 0.3) is 5.69 Å². The van der Waals surface area contributed by atoms with E-state index in [0.717, 1.165) is 15.9 Å². The fourth-order valence-corrected chi connectivity index (χ4v) is 5.79. The fraction of sp³-hybridized carbons (Fsp3) is 0.208. The minimum absolute atomic E-state index is 0.0285. The number of nitro groups is 1. The maximum atomic E-state index is 13.3. The Hall–Kier alpha value is -4.34. The molecule has 0 atom stereocenters. The van der Waals surface area contributed by atoms with Crippen molar-refractivity contribution in [1.82, 2.24) is 9.29 Å². The highest BCUT2D eigenvalue weighted by molar-refractivity contribution is 7.89. The van der Waals surface area contributed by atoms with Crippen LogP contribution in [0, 0.1) is 27.4 Å². The quantitative estimate of drug-likeness (QED) is 0.380. The zero-order chi connectivity index (χ0) is 25.4. The first kappa shape index (κ1) is 23.4. The summed E-state index contributed by atoms with van der Waals surface area (Å²) in [6.45, 7) is 0.492. The summed E-state index contributed by atoms with van der Waals surface area (Å²) in [6, 6.07) is 13.8. The number of aromatic nitrogens is 1. The Kier molecular flexibility index (Phi) is 5.87. The molecule has 0 aliphatic carbocycles. The van der Waals surface area contributed by atoms with Crippen molar-refractivity contribution in [2.24, 2.45) is 5.92 Å². The first-order valence-corrected chi connectivity index (χ1v) is 12.4. The highest BCUT2D eigenvalue weighted by Crippen LogP contribution is 2.41. The largest absolute Gasteiger partial charge is 0.489 e. The molecule has 0 unspecified atom stereocenters. The summed E-state index contributed by atoms with van der Waals surface area (Å²) >= 11 is 0. The lowest BCUT2D eigenvalue weighted by Gasteiger charge is -2.40. The van der Waals surface area contributed by atoms with Gasteiger partial charge >= 0.3 is 0 Å². The molecular formula is C24H19N5O6S. The first-order chi connectivity index (χ1) is 17.3. The topological polar surface area (TPSA) is 147 Å². The van der Waals surface area contributed by atoms with Gasteiger partial charge in [-0.25, -0.2) is 8.42 Å². The maximum Gasteiger partial charge on any atom is 0.270 e. The number of nitro benzene ring substituents is 1. The van der Waals surface area contributed by atoms with Crippen LogP contribution in [-0.2, 0) is 14.8 Å². The van der Waals surface area contributed by atoms with Gasteiger partial charge in [-0.2, -0.15) is 9.57 Å². The van der Waals surface area contributed by atoms with Gasteiger partial charge in [-0.1, -0.05) is 18.2 Å². The molecule has 1 saturated heterocycles. The predicted molar refractivity (Wildman–Crippen MR) is 128 cm³/mol. The fourth-order valence-electron chi connectivity index (χ4n) is 4.22. The number of hydrogen-bond donors (Lipinski definition) is 0. The Balaban J connectivity index is 1.35. The van der Waals surface area contributed by atoms with E-state index in [0.29, 0.717) is 29.1 Å². The molecule has 1 fully saturated rings. The van der Waals surface area contributed by atoms with Crippen molar-refractivity contribution in [3.8, 4) is 22.9 Å². The Labute approximate surface area is 206 Å². The Bertz CT molecular complexity index is 1510. The molecular weight excluding hydrogens is 486 g/mol. The summed E-state index contributed by atoms with van der Waals surface area (Å²) in [5.74, 6) is -0.318. The maximum absolute atomic E-state index is 13.3. The van der Waals surface area contributed by atoms with Crippen LogP contribution in [0.2, 0.25) is 0 Å². The number of rotatable bonds is 5. The van der Waals surface area contributed by atoms with Gasteiger partial charge in [0.05, 0.1) is 40.1 Å². The smallest absolute Gasteiger partial charge is 0.270 e. The number of pyridine rings is 1. The highest BCUT2D eigenvalue weighted by atomic mass is 32.2. The molecule has 0 spiro atoms. The summed E-state index contributed by atoms with van der Waals surface area (Å²) in [7, 11) is -3.97. The minimum atomic E-state index is -3.97. The highest BCUT2D eigenvalue weighted by Gasteiger charge is 2.43. The van der Waals surface area contributed by atoms with Crippen LogP contribution in [0.5, 0.6) is 5.75 Å². The molecule has 1 amide bonds. The third kappa shape index (κ3) is 4.04. The molecule has 0 radical (unpaired) electrons. The first-order valence-electron chi connectivity index (χ1n) is 11.0. The van der Waals surface area contributed by atoms with E-state index < -0.39 is 20.9 Å². The number of ether oxygens (including phenoxy) is 1. The van der Waals surface area contributed by atoms with Crippen LogP contribution in [0.4, 0.5) is 11.4 Å². The Morgan fingerprint density at radius 1 is 1.17 bits per heavy atom. The van der Waals surface area contributed by atoms with Crippen molar-refractivity contribution < 1.29 is 22.9 Å². The molecule has 2 aromatic carbocycles. The molecule has 0 bridgehead atoms. The van der Waals surface area contributed by atoms with Crippen LogP contribution in [0.1, 0.15) is 5.56 Å². The SMILES string of the molecule is N#Cc1ccc(-c2cncc3c2OCCN3C(=O)C2CN(S(=O)(=O)c3cccc([N+](=O)[O-])c3)C2)cc1. The monoisotopic (exact) mass is 505 g/mol. The molecule has 3 heterocycles. The zero-order valence-electron chi connectivity index (χ0n) is 18.8. The molecule has 0 saturated carbocycles. The lowest BCUT2D eigenvalue weighted by Crippen LogP contribution is -2.57. The second kappa shape index (κ2) is 9.03. The lowest BCUT2D eigenvalue weighted by atomic mass is 10.00. The molecule has 182 valence electrons. The number of anilines is 1. The van der Waals surface area contributed by atoms with Crippen LogP contribution < -0.4 is 9.64 Å². The number of amides is 1. The van der Waals surface area contributed by atoms with E-state index in [1.54, 1.807) is 35.4 Å². The zero-order valence-corrected chi connectivity index (χ0v) is 19.6. The Morgan fingerprint density at radius 3 is 2.61 bits per heavy atom. The van der Waals surface area contributed by atoms with E-state index in [-0.39, 0.29) is 36.2 Å². The summed E-state index contributed by atoms with van der Waals surface area (Å²) in [5, 5.41) is 20.0. The number of non-ortho nitro benzene ring substituents is 1. The number of nitriles is 1. The van der Waals surface area contributed by atoms with E-state index in [4.69, 9.17) is 10.00 Å². The van der Waals surface area contributed by atoms with Crippen molar-refractivity contribution in [2.45, 2.75) is 4.90 Å². The summed E-state index contributed by atoms with van der Waals surface area (Å²) < 4.78 is 32.8. The summed E-state index contributed by atoms with van der Waals surface area (Å²) in [4.78, 5) is 29.3. The number of carbonyl (C=O) groups excluding carboxylic acids is 1. The predicted octanol–water partition coefficient (Wildman–Crippen LogP) is 2.57. The normalized spacial score (nSPS) is 15.8. The van der Waals surface area contributed by atoms with E-state index in [1.165, 1.54) is 24.4 Å². The standard InChI is InChI=1S/C24H19N5O6S/c25-11-16-4-6-17(7-5-16)21-12-26-13-22-23(21)35-9-8-28(22)24(30)18-14-27(15-18)36(33,34)20-3-1-2-19(10-20)29(31)32/h1-7,10,12-13,18H,8-9,14-15H2. The van der Waals surface area contributed by atoms with Gasteiger partial charge in [-0.05, 0) is 23.8 Å². The van der Waals surface area contributed by atoms with Crippen molar-refractivity contribution in [3.63, 3.8) is 0 Å². The van der Waals surface area contributed by atoms with E-state index in [9.17, 15) is 23.3 Å². The van der Waals surface area contributed by atoms with Crippen LogP contribution >= 0.6 is 0 Å². The molecule has 3 aromatic rings. The van der Waals surface area contributed by atoms with Crippen molar-refractivity contribution in [1.29, 1.82) is 5.26 Å². The second-order valence-corrected chi connectivity index (χ2v) is 10.3. The van der Waals surface area contributed by atoms with Gasteiger partial charge in [0, 0.05) is 37.0 Å². The van der Waals surface area contributed by atoms with Gasteiger partial charge in [-0.3, -0.25) is 19.9 Å². The second-order valence-electron chi connectivity index (χ2n) is 8.34. The van der Waals surface area contributed by atoms with Crippen LogP contribution in [0.3, 0.4) is 0 Å².